The third-order valence-corrected chi connectivity index (χ3v) is 4.97. The van der Waals surface area contributed by atoms with Gasteiger partial charge >= 0.3 is 0 Å². The van der Waals surface area contributed by atoms with Gasteiger partial charge in [-0.1, -0.05) is 40.7 Å². The highest BCUT2D eigenvalue weighted by molar-refractivity contribution is 6.12. The van der Waals surface area contributed by atoms with E-state index in [0.717, 1.165) is 5.69 Å². The summed E-state index contributed by atoms with van der Waals surface area (Å²) in [5, 5.41) is 11.0. The van der Waals surface area contributed by atoms with Crippen LogP contribution < -0.4 is 10.6 Å². The molecule has 7 nitrogen and oxygen atoms in total. The van der Waals surface area contributed by atoms with E-state index >= 15 is 0 Å². The minimum absolute atomic E-state index is 0.0884. The van der Waals surface area contributed by atoms with E-state index in [1.54, 1.807) is 30.5 Å². The Labute approximate surface area is 183 Å². The summed E-state index contributed by atoms with van der Waals surface area (Å²) in [7, 11) is 0. The zero-order valence-corrected chi connectivity index (χ0v) is 19.3. The Kier molecular flexibility index (Phi) is 6.15. The molecule has 3 rings (SSSR count). The molecule has 0 atom stereocenters. The van der Waals surface area contributed by atoms with E-state index in [9.17, 15) is 9.59 Å². The number of amides is 2. The van der Waals surface area contributed by atoms with Crippen molar-refractivity contribution in [2.75, 3.05) is 10.6 Å². The summed E-state index contributed by atoms with van der Waals surface area (Å²) in [6, 6.07) is 9.11. The van der Waals surface area contributed by atoms with Gasteiger partial charge in [-0.15, -0.1) is 0 Å². The summed E-state index contributed by atoms with van der Waals surface area (Å²) in [4.78, 5) is 30.2. The highest BCUT2D eigenvalue weighted by Gasteiger charge is 2.22. The Morgan fingerprint density at radius 3 is 2.23 bits per heavy atom. The van der Waals surface area contributed by atoms with Crippen LogP contribution in [-0.4, -0.2) is 26.6 Å². The molecule has 31 heavy (non-hydrogen) atoms. The molecule has 3 aromatic rings. The lowest BCUT2D eigenvalue weighted by atomic mass is 9.95. The number of carbonyl (C=O) groups excluding carboxylic acids is 2. The molecule has 2 amide bonds. The lowest BCUT2D eigenvalue weighted by Gasteiger charge is -2.18. The number of hydrogen-bond acceptors (Lipinski definition) is 4. The maximum atomic E-state index is 13.2. The van der Waals surface area contributed by atoms with Gasteiger partial charge in [0.25, 0.3) is 5.91 Å². The number of hydrogen-bond donors (Lipinski definition) is 2. The normalized spacial score (nSPS) is 11.9. The molecule has 0 saturated carbocycles. The molecular weight excluding hydrogens is 390 g/mol. The first-order valence-corrected chi connectivity index (χ1v) is 10.6. The van der Waals surface area contributed by atoms with Crippen molar-refractivity contribution in [3.63, 3.8) is 0 Å². The SMILES string of the molecule is CC(C)c1cc(C(=O)Nc2cccc(NC(=O)C(C)(C)C)c2)c2cnn(C(C)C)c2n1. The Morgan fingerprint density at radius 1 is 1.00 bits per heavy atom. The van der Waals surface area contributed by atoms with Crippen molar-refractivity contribution >= 4 is 34.2 Å². The van der Waals surface area contributed by atoms with Gasteiger partial charge in [-0.05, 0) is 44.0 Å². The standard InChI is InChI=1S/C24H31N5O2/c1-14(2)20-12-18(19-13-25-29(15(3)4)21(19)28-20)22(30)26-16-9-8-10-17(11-16)27-23(31)24(5,6)7/h8-15H,1-7H3,(H,26,30)(H,27,31). The maximum absolute atomic E-state index is 13.2. The van der Waals surface area contributed by atoms with E-state index in [1.165, 1.54) is 0 Å². The number of rotatable bonds is 5. The van der Waals surface area contributed by atoms with Gasteiger partial charge in [-0.3, -0.25) is 9.59 Å². The summed E-state index contributed by atoms with van der Waals surface area (Å²) in [6.45, 7) is 13.7. The quantitative estimate of drug-likeness (QED) is 0.579. The number of benzene rings is 1. The number of nitrogens with zero attached hydrogens (tertiary/aromatic N) is 3. The van der Waals surface area contributed by atoms with E-state index in [-0.39, 0.29) is 23.8 Å². The van der Waals surface area contributed by atoms with Crippen molar-refractivity contribution < 1.29 is 9.59 Å². The number of nitrogens with one attached hydrogen (secondary N) is 2. The summed E-state index contributed by atoms with van der Waals surface area (Å²) in [6.07, 6.45) is 1.70. The minimum Gasteiger partial charge on any atom is -0.326 e. The number of aromatic nitrogens is 3. The third-order valence-electron chi connectivity index (χ3n) is 4.97. The first-order chi connectivity index (χ1) is 14.5. The van der Waals surface area contributed by atoms with Crippen LogP contribution in [0.25, 0.3) is 11.0 Å². The predicted octanol–water partition coefficient (Wildman–Crippen LogP) is 5.37. The summed E-state index contributed by atoms with van der Waals surface area (Å²) >= 11 is 0. The van der Waals surface area contributed by atoms with Crippen LogP contribution in [0.5, 0.6) is 0 Å². The molecule has 2 heterocycles. The summed E-state index contributed by atoms with van der Waals surface area (Å²) < 4.78 is 1.83. The molecule has 0 radical (unpaired) electrons. The van der Waals surface area contributed by atoms with Gasteiger partial charge in [-0.25, -0.2) is 9.67 Å². The van der Waals surface area contributed by atoms with Crippen LogP contribution in [0.3, 0.4) is 0 Å². The van der Waals surface area contributed by atoms with Crippen LogP contribution in [0.2, 0.25) is 0 Å². The van der Waals surface area contributed by atoms with Crippen molar-refractivity contribution in [2.24, 2.45) is 5.41 Å². The molecule has 0 spiro atoms. The molecule has 164 valence electrons. The Morgan fingerprint density at radius 2 is 1.65 bits per heavy atom. The van der Waals surface area contributed by atoms with E-state index in [0.29, 0.717) is 28.0 Å². The molecule has 0 saturated heterocycles. The molecular formula is C24H31N5O2. The van der Waals surface area contributed by atoms with Crippen LogP contribution in [0.1, 0.15) is 76.5 Å². The molecule has 1 aromatic carbocycles. The number of pyridine rings is 1. The van der Waals surface area contributed by atoms with Crippen molar-refractivity contribution in [1.29, 1.82) is 0 Å². The van der Waals surface area contributed by atoms with Crippen LogP contribution >= 0.6 is 0 Å². The monoisotopic (exact) mass is 421 g/mol. The van der Waals surface area contributed by atoms with Crippen molar-refractivity contribution in [3.05, 3.63) is 47.8 Å². The lowest BCUT2D eigenvalue weighted by Crippen LogP contribution is -2.27. The zero-order chi connectivity index (χ0) is 22.9. The smallest absolute Gasteiger partial charge is 0.256 e. The Bertz CT molecular complexity index is 1120. The second-order valence-electron chi connectivity index (χ2n) is 9.41. The maximum Gasteiger partial charge on any atom is 0.256 e. The van der Waals surface area contributed by atoms with Crippen LogP contribution in [-0.2, 0) is 4.79 Å². The second kappa shape index (κ2) is 8.49. The molecule has 0 aliphatic heterocycles. The van der Waals surface area contributed by atoms with E-state index in [1.807, 2.05) is 59.2 Å². The fourth-order valence-electron chi connectivity index (χ4n) is 3.09. The highest BCUT2D eigenvalue weighted by atomic mass is 16.2. The van der Waals surface area contributed by atoms with Gasteiger partial charge in [0.15, 0.2) is 5.65 Å². The number of anilines is 2. The first kappa shape index (κ1) is 22.5. The van der Waals surface area contributed by atoms with Gasteiger partial charge in [0.2, 0.25) is 5.91 Å². The lowest BCUT2D eigenvalue weighted by molar-refractivity contribution is -0.123. The van der Waals surface area contributed by atoms with Crippen LogP contribution in [0, 0.1) is 5.41 Å². The molecule has 0 fully saturated rings. The summed E-state index contributed by atoms with van der Waals surface area (Å²) in [5.41, 5.74) is 2.80. The molecule has 0 aliphatic carbocycles. The predicted molar refractivity (Wildman–Crippen MR) is 124 cm³/mol. The van der Waals surface area contributed by atoms with Crippen LogP contribution in [0.4, 0.5) is 11.4 Å². The third kappa shape index (κ3) is 4.93. The van der Waals surface area contributed by atoms with E-state index in [4.69, 9.17) is 4.98 Å². The Balaban J connectivity index is 1.94. The first-order valence-electron chi connectivity index (χ1n) is 10.6. The number of carbonyl (C=O) groups is 2. The average Bonchev–Trinajstić information content (AvgIpc) is 3.10. The highest BCUT2D eigenvalue weighted by Crippen LogP contribution is 2.26. The zero-order valence-electron chi connectivity index (χ0n) is 19.3. The molecule has 0 bridgehead atoms. The Hall–Kier alpha value is -3.22. The molecule has 2 aromatic heterocycles. The van der Waals surface area contributed by atoms with Crippen molar-refractivity contribution in [2.45, 2.75) is 60.4 Å². The van der Waals surface area contributed by atoms with E-state index < -0.39 is 5.41 Å². The van der Waals surface area contributed by atoms with Crippen molar-refractivity contribution in [1.82, 2.24) is 14.8 Å². The van der Waals surface area contributed by atoms with Crippen LogP contribution in [0.15, 0.2) is 36.5 Å². The largest absolute Gasteiger partial charge is 0.326 e. The molecule has 2 N–H and O–H groups in total. The fourth-order valence-corrected chi connectivity index (χ4v) is 3.09. The molecule has 7 heteroatoms. The minimum atomic E-state index is -0.508. The average molecular weight is 422 g/mol. The summed E-state index contributed by atoms with van der Waals surface area (Å²) in [5.74, 6) is -0.159. The van der Waals surface area contributed by atoms with Gasteiger partial charge in [0.1, 0.15) is 0 Å². The number of fused-ring (bicyclic) bond motifs is 1. The molecule has 0 unspecified atom stereocenters. The van der Waals surface area contributed by atoms with Gasteiger partial charge in [0.05, 0.1) is 17.1 Å². The van der Waals surface area contributed by atoms with Gasteiger partial charge in [0, 0.05) is 28.5 Å². The van der Waals surface area contributed by atoms with Gasteiger partial charge < -0.3 is 10.6 Å². The van der Waals surface area contributed by atoms with E-state index in [2.05, 4.69) is 15.7 Å². The van der Waals surface area contributed by atoms with Crippen molar-refractivity contribution in [3.8, 4) is 0 Å². The fraction of sp³-hybridized carbons (Fsp3) is 0.417. The topological polar surface area (TPSA) is 88.9 Å². The van der Waals surface area contributed by atoms with Gasteiger partial charge in [-0.2, -0.15) is 5.10 Å². The molecule has 0 aliphatic rings. The second-order valence-corrected chi connectivity index (χ2v) is 9.41.